The standard InChI is InChI=1S/C18H38N2O4.BF4/c1-3-19(5-11-21-12-6-19)9-15-23-17-18-24-16-10-20(4-2)7-13-22-14-8-20;2-1(3,4)5/h3-18H2,1-2H3;/q+2;-1. The van der Waals surface area contributed by atoms with E-state index in [1.54, 1.807) is 0 Å². The van der Waals surface area contributed by atoms with Crippen LogP contribution in [-0.2, 0) is 18.9 Å². The molecule has 11 heteroatoms. The van der Waals surface area contributed by atoms with Gasteiger partial charge in [-0.15, -0.1) is 0 Å². The second kappa shape index (κ2) is 13.8. The second-order valence-corrected chi connectivity index (χ2v) is 7.60. The number of hydrogen-bond acceptors (Lipinski definition) is 4. The Hall–Kier alpha value is -0.455. The van der Waals surface area contributed by atoms with Crippen molar-refractivity contribution in [3.63, 3.8) is 0 Å². The van der Waals surface area contributed by atoms with Crippen LogP contribution in [0.15, 0.2) is 0 Å². The minimum Gasteiger partial charge on any atom is -0.418 e. The van der Waals surface area contributed by atoms with Crippen molar-refractivity contribution in [2.45, 2.75) is 13.8 Å². The van der Waals surface area contributed by atoms with Crippen LogP contribution in [-0.4, -0.2) is 121 Å². The fourth-order valence-corrected chi connectivity index (χ4v) is 3.69. The number of ether oxygens (including phenoxy) is 4. The van der Waals surface area contributed by atoms with Crippen LogP contribution in [0.2, 0.25) is 0 Å². The van der Waals surface area contributed by atoms with Crippen molar-refractivity contribution in [3.8, 4) is 0 Å². The van der Waals surface area contributed by atoms with E-state index in [-0.39, 0.29) is 0 Å². The van der Waals surface area contributed by atoms with Crippen LogP contribution in [0.25, 0.3) is 0 Å². The van der Waals surface area contributed by atoms with Gasteiger partial charge in [-0.05, 0) is 13.8 Å². The lowest BCUT2D eigenvalue weighted by Crippen LogP contribution is -2.56. The lowest BCUT2D eigenvalue weighted by molar-refractivity contribution is -0.934. The molecule has 2 aliphatic rings. The Morgan fingerprint density at radius 1 is 0.655 bits per heavy atom. The number of rotatable bonds is 11. The van der Waals surface area contributed by atoms with Gasteiger partial charge in [0.1, 0.15) is 39.3 Å². The SMILES string of the molecule is CC[N+]1(CCOCCOCC[N+]2(CC)CCOCC2)CCOCC1.F[B-](F)(F)F. The molecule has 0 bridgehead atoms. The van der Waals surface area contributed by atoms with Crippen molar-refractivity contribution >= 4 is 7.25 Å². The Morgan fingerprint density at radius 3 is 1.24 bits per heavy atom. The maximum absolute atomic E-state index is 9.75. The molecule has 0 amide bonds. The zero-order valence-electron chi connectivity index (χ0n) is 17.9. The van der Waals surface area contributed by atoms with Gasteiger partial charge in [0.25, 0.3) is 0 Å². The van der Waals surface area contributed by atoms with Gasteiger partial charge in [0.05, 0.1) is 65.9 Å². The van der Waals surface area contributed by atoms with Crippen molar-refractivity contribution < 1.29 is 45.2 Å². The predicted molar refractivity (Wildman–Crippen MR) is 104 cm³/mol. The minimum atomic E-state index is -6.00. The molecule has 0 atom stereocenters. The van der Waals surface area contributed by atoms with E-state index in [1.165, 1.54) is 13.1 Å². The highest BCUT2D eigenvalue weighted by Crippen LogP contribution is 2.11. The van der Waals surface area contributed by atoms with Gasteiger partial charge in [-0.2, -0.15) is 0 Å². The first-order valence-corrected chi connectivity index (χ1v) is 10.6. The molecule has 0 aromatic rings. The summed E-state index contributed by atoms with van der Waals surface area (Å²) in [6.07, 6.45) is 0. The largest absolute Gasteiger partial charge is 0.673 e. The highest BCUT2D eigenvalue weighted by atomic mass is 19.5. The monoisotopic (exact) mass is 433 g/mol. The number of quaternary nitrogens is 2. The summed E-state index contributed by atoms with van der Waals surface area (Å²) >= 11 is 0. The number of halogens is 4. The van der Waals surface area contributed by atoms with Gasteiger partial charge < -0.3 is 45.2 Å². The number of likely N-dealkylation sites (N-methyl/N-ethyl adjacent to an activating group) is 2. The van der Waals surface area contributed by atoms with E-state index in [4.69, 9.17) is 18.9 Å². The van der Waals surface area contributed by atoms with Crippen LogP contribution in [0.5, 0.6) is 0 Å². The van der Waals surface area contributed by atoms with Gasteiger partial charge in [-0.1, -0.05) is 0 Å². The molecule has 0 aromatic carbocycles. The van der Waals surface area contributed by atoms with E-state index >= 15 is 0 Å². The van der Waals surface area contributed by atoms with Crippen LogP contribution < -0.4 is 0 Å². The Bertz CT molecular complexity index is 383. The number of morpholine rings is 2. The van der Waals surface area contributed by atoms with Crippen LogP contribution in [0, 0.1) is 0 Å². The van der Waals surface area contributed by atoms with Gasteiger partial charge >= 0.3 is 7.25 Å². The topological polar surface area (TPSA) is 36.9 Å². The summed E-state index contributed by atoms with van der Waals surface area (Å²) in [6, 6.07) is 0. The Balaban J connectivity index is 0.000000749. The molecule has 2 heterocycles. The fourth-order valence-electron chi connectivity index (χ4n) is 3.69. The third-order valence-electron chi connectivity index (χ3n) is 5.97. The van der Waals surface area contributed by atoms with Crippen molar-refractivity contribution in [3.05, 3.63) is 0 Å². The Kier molecular flexibility index (Phi) is 12.6. The summed E-state index contributed by atoms with van der Waals surface area (Å²) in [5.41, 5.74) is 0. The molecule has 2 aliphatic heterocycles. The molecule has 0 spiro atoms. The normalized spacial score (nSPS) is 21.3. The third kappa shape index (κ3) is 12.1. The Labute approximate surface area is 172 Å². The first-order chi connectivity index (χ1) is 13.7. The molecule has 29 heavy (non-hydrogen) atoms. The molecule has 0 radical (unpaired) electrons. The zero-order valence-corrected chi connectivity index (χ0v) is 17.9. The molecule has 0 saturated carbocycles. The number of hydrogen-bond donors (Lipinski definition) is 0. The second-order valence-electron chi connectivity index (χ2n) is 7.60. The summed E-state index contributed by atoms with van der Waals surface area (Å²) < 4.78 is 63.8. The quantitative estimate of drug-likeness (QED) is 0.216. The van der Waals surface area contributed by atoms with E-state index in [0.29, 0.717) is 13.2 Å². The molecule has 0 N–H and O–H groups in total. The first-order valence-electron chi connectivity index (χ1n) is 10.6. The molecule has 2 saturated heterocycles. The van der Waals surface area contributed by atoms with Crippen molar-refractivity contribution in [1.82, 2.24) is 0 Å². The van der Waals surface area contributed by atoms with Gasteiger partial charge in [0, 0.05) is 0 Å². The van der Waals surface area contributed by atoms with Gasteiger partial charge in [-0.25, -0.2) is 0 Å². The summed E-state index contributed by atoms with van der Waals surface area (Å²) in [4.78, 5) is 0. The molecule has 2 rings (SSSR count). The van der Waals surface area contributed by atoms with Crippen LogP contribution in [0.1, 0.15) is 13.8 Å². The highest BCUT2D eigenvalue weighted by molar-refractivity contribution is 6.50. The van der Waals surface area contributed by atoms with E-state index in [1.807, 2.05) is 0 Å². The average Bonchev–Trinajstić information content (AvgIpc) is 2.70. The van der Waals surface area contributed by atoms with Gasteiger partial charge in [-0.3, -0.25) is 0 Å². The van der Waals surface area contributed by atoms with E-state index in [2.05, 4.69) is 13.8 Å². The molecule has 2 fully saturated rings. The molecule has 0 aromatic heterocycles. The average molecular weight is 433 g/mol. The molecular weight excluding hydrogens is 395 g/mol. The maximum atomic E-state index is 9.75. The Morgan fingerprint density at radius 2 is 0.966 bits per heavy atom. The van der Waals surface area contributed by atoms with Gasteiger partial charge in [0.15, 0.2) is 0 Å². The summed E-state index contributed by atoms with van der Waals surface area (Å²) in [5, 5.41) is 0. The summed E-state index contributed by atoms with van der Waals surface area (Å²) in [5.74, 6) is 0. The van der Waals surface area contributed by atoms with Crippen LogP contribution in [0.3, 0.4) is 0 Å². The van der Waals surface area contributed by atoms with E-state index in [0.717, 1.165) is 87.9 Å². The smallest absolute Gasteiger partial charge is 0.418 e. The minimum absolute atomic E-state index is 0.704. The highest BCUT2D eigenvalue weighted by Gasteiger charge is 2.29. The lowest BCUT2D eigenvalue weighted by Gasteiger charge is -2.40. The molecule has 0 unspecified atom stereocenters. The van der Waals surface area contributed by atoms with Crippen molar-refractivity contribution in [2.75, 3.05) is 105 Å². The third-order valence-corrected chi connectivity index (χ3v) is 5.97. The fraction of sp³-hybridized carbons (Fsp3) is 1.00. The molecule has 6 nitrogen and oxygen atoms in total. The molecule has 0 aliphatic carbocycles. The van der Waals surface area contributed by atoms with Crippen LogP contribution in [0.4, 0.5) is 17.3 Å². The van der Waals surface area contributed by atoms with Crippen LogP contribution >= 0.6 is 0 Å². The molecule has 174 valence electrons. The summed E-state index contributed by atoms with van der Waals surface area (Å²) in [7, 11) is -6.00. The van der Waals surface area contributed by atoms with E-state index < -0.39 is 7.25 Å². The first kappa shape index (κ1) is 26.6. The molecular formula is C18H38BF4N2O4+. The number of nitrogens with zero attached hydrogens (tertiary/aromatic N) is 2. The zero-order chi connectivity index (χ0) is 21.6. The van der Waals surface area contributed by atoms with Crippen molar-refractivity contribution in [1.29, 1.82) is 0 Å². The maximum Gasteiger partial charge on any atom is 0.673 e. The predicted octanol–water partition coefficient (Wildman–Crippen LogP) is 2.05. The summed E-state index contributed by atoms with van der Waals surface area (Å²) in [6.45, 7) is 20.2. The van der Waals surface area contributed by atoms with E-state index in [9.17, 15) is 17.3 Å². The van der Waals surface area contributed by atoms with Gasteiger partial charge in [0.2, 0.25) is 0 Å². The van der Waals surface area contributed by atoms with Crippen molar-refractivity contribution in [2.24, 2.45) is 0 Å². The lowest BCUT2D eigenvalue weighted by atomic mass is 10.3.